The van der Waals surface area contributed by atoms with Crippen LogP contribution in [0.3, 0.4) is 0 Å². The average molecular weight is 350 g/mol. The van der Waals surface area contributed by atoms with Crippen molar-refractivity contribution in [1.82, 2.24) is 15.5 Å². The van der Waals surface area contributed by atoms with Crippen LogP contribution in [0.1, 0.15) is 24.8 Å². The third kappa shape index (κ3) is 9.31. The van der Waals surface area contributed by atoms with Gasteiger partial charge in [-0.25, -0.2) is 9.59 Å². The average Bonchev–Trinajstić information content (AvgIpc) is 2.56. The van der Waals surface area contributed by atoms with E-state index >= 15 is 0 Å². The third-order valence-corrected chi connectivity index (χ3v) is 3.58. The summed E-state index contributed by atoms with van der Waals surface area (Å²) in [5, 5.41) is 14.0. The number of primary amides is 1. The van der Waals surface area contributed by atoms with Crippen molar-refractivity contribution in [2.75, 3.05) is 20.1 Å². The van der Waals surface area contributed by atoms with E-state index in [4.69, 9.17) is 10.8 Å². The highest BCUT2D eigenvalue weighted by molar-refractivity contribution is 5.83. The molecule has 0 saturated heterocycles. The Morgan fingerprint density at radius 3 is 2.52 bits per heavy atom. The first-order valence-electron chi connectivity index (χ1n) is 8.16. The SMILES string of the molecule is CN(CCCNC(=O)NC(CCC(N)=O)C(=O)O)Cc1ccccc1. The van der Waals surface area contributed by atoms with Crippen LogP contribution in [0.2, 0.25) is 0 Å². The zero-order valence-corrected chi connectivity index (χ0v) is 14.4. The van der Waals surface area contributed by atoms with E-state index in [1.165, 1.54) is 5.56 Å². The minimum Gasteiger partial charge on any atom is -0.480 e. The molecule has 3 amide bonds. The van der Waals surface area contributed by atoms with Crippen LogP contribution in [-0.2, 0) is 16.1 Å². The normalized spacial score (nSPS) is 11.8. The molecule has 1 unspecified atom stereocenters. The van der Waals surface area contributed by atoms with Crippen LogP contribution in [0.5, 0.6) is 0 Å². The summed E-state index contributed by atoms with van der Waals surface area (Å²) in [6.45, 7) is 2.04. The maximum atomic E-state index is 11.7. The Labute approximate surface area is 147 Å². The van der Waals surface area contributed by atoms with Crippen LogP contribution in [0.15, 0.2) is 30.3 Å². The molecule has 0 aliphatic carbocycles. The number of nitrogens with one attached hydrogen (secondary N) is 2. The minimum atomic E-state index is -1.20. The fourth-order valence-electron chi connectivity index (χ4n) is 2.28. The lowest BCUT2D eigenvalue weighted by Crippen LogP contribution is -2.46. The molecule has 0 aromatic heterocycles. The molecule has 5 N–H and O–H groups in total. The number of carboxylic acids is 1. The fourth-order valence-corrected chi connectivity index (χ4v) is 2.28. The molecular formula is C17H26N4O4. The van der Waals surface area contributed by atoms with Gasteiger partial charge >= 0.3 is 12.0 Å². The van der Waals surface area contributed by atoms with Crippen molar-refractivity contribution in [3.63, 3.8) is 0 Å². The van der Waals surface area contributed by atoms with Crippen molar-refractivity contribution in [1.29, 1.82) is 0 Å². The second-order valence-corrected chi connectivity index (χ2v) is 5.87. The monoisotopic (exact) mass is 350 g/mol. The van der Waals surface area contributed by atoms with Crippen molar-refractivity contribution in [3.8, 4) is 0 Å². The van der Waals surface area contributed by atoms with E-state index < -0.39 is 23.9 Å². The number of amides is 3. The van der Waals surface area contributed by atoms with Gasteiger partial charge in [-0.1, -0.05) is 30.3 Å². The lowest BCUT2D eigenvalue weighted by molar-refractivity contribution is -0.139. The minimum absolute atomic E-state index is 0.0299. The molecule has 0 saturated carbocycles. The van der Waals surface area contributed by atoms with Gasteiger partial charge in [-0.3, -0.25) is 4.79 Å². The van der Waals surface area contributed by atoms with Gasteiger partial charge in [0.05, 0.1) is 0 Å². The van der Waals surface area contributed by atoms with Crippen LogP contribution in [0.4, 0.5) is 4.79 Å². The Hall–Kier alpha value is -2.61. The molecule has 0 aliphatic heterocycles. The second kappa shape index (κ2) is 11.0. The van der Waals surface area contributed by atoms with Crippen molar-refractivity contribution in [2.24, 2.45) is 5.73 Å². The molecule has 0 heterocycles. The van der Waals surface area contributed by atoms with Crippen molar-refractivity contribution < 1.29 is 19.5 Å². The number of hydrogen-bond acceptors (Lipinski definition) is 4. The highest BCUT2D eigenvalue weighted by atomic mass is 16.4. The summed E-state index contributed by atoms with van der Waals surface area (Å²) in [5.74, 6) is -1.80. The number of nitrogens with zero attached hydrogens (tertiary/aromatic N) is 1. The summed E-state index contributed by atoms with van der Waals surface area (Å²) in [4.78, 5) is 35.6. The van der Waals surface area contributed by atoms with Gasteiger partial charge in [0.25, 0.3) is 0 Å². The van der Waals surface area contributed by atoms with Gasteiger partial charge in [0, 0.05) is 19.5 Å². The number of carbonyl (C=O) groups is 3. The van der Waals surface area contributed by atoms with E-state index in [1.54, 1.807) is 0 Å². The Morgan fingerprint density at radius 1 is 1.24 bits per heavy atom. The number of carbonyl (C=O) groups excluding carboxylic acids is 2. The molecular weight excluding hydrogens is 324 g/mol. The van der Waals surface area contributed by atoms with Gasteiger partial charge in [-0.2, -0.15) is 0 Å². The van der Waals surface area contributed by atoms with Gasteiger partial charge < -0.3 is 26.4 Å². The van der Waals surface area contributed by atoms with E-state index in [0.29, 0.717) is 6.54 Å². The third-order valence-electron chi connectivity index (χ3n) is 3.58. The molecule has 1 rings (SSSR count). The van der Waals surface area contributed by atoms with E-state index in [1.807, 2.05) is 25.2 Å². The van der Waals surface area contributed by atoms with Crippen molar-refractivity contribution >= 4 is 17.9 Å². The summed E-state index contributed by atoms with van der Waals surface area (Å²) in [6.07, 6.45) is 0.606. The molecule has 1 atom stereocenters. The molecule has 1 aromatic rings. The van der Waals surface area contributed by atoms with Crippen LogP contribution in [-0.4, -0.2) is 54.1 Å². The first kappa shape index (κ1) is 20.4. The Kier molecular flexibility index (Phi) is 9.02. The maximum Gasteiger partial charge on any atom is 0.326 e. The topological polar surface area (TPSA) is 125 Å². The molecule has 0 bridgehead atoms. The summed E-state index contributed by atoms with van der Waals surface area (Å²) in [6, 6.07) is 8.37. The largest absolute Gasteiger partial charge is 0.480 e. The highest BCUT2D eigenvalue weighted by Crippen LogP contribution is 2.02. The summed E-state index contributed by atoms with van der Waals surface area (Å²) in [5.41, 5.74) is 6.21. The predicted octanol–water partition coefficient (Wildman–Crippen LogP) is 0.526. The maximum absolute atomic E-state index is 11.7. The predicted molar refractivity (Wildman–Crippen MR) is 93.8 cm³/mol. The lowest BCUT2D eigenvalue weighted by atomic mass is 10.1. The van der Waals surface area contributed by atoms with Gasteiger partial charge in [0.2, 0.25) is 5.91 Å². The van der Waals surface area contributed by atoms with Gasteiger partial charge in [-0.15, -0.1) is 0 Å². The lowest BCUT2D eigenvalue weighted by Gasteiger charge is -2.17. The Balaban J connectivity index is 2.22. The number of rotatable bonds is 11. The Morgan fingerprint density at radius 2 is 1.92 bits per heavy atom. The first-order valence-corrected chi connectivity index (χ1v) is 8.16. The molecule has 0 radical (unpaired) electrons. The summed E-state index contributed by atoms with van der Waals surface area (Å²) < 4.78 is 0. The zero-order chi connectivity index (χ0) is 18.7. The molecule has 0 spiro atoms. The molecule has 8 heteroatoms. The molecule has 138 valence electrons. The smallest absolute Gasteiger partial charge is 0.326 e. The number of benzene rings is 1. The zero-order valence-electron chi connectivity index (χ0n) is 14.4. The van der Waals surface area contributed by atoms with Crippen LogP contribution in [0.25, 0.3) is 0 Å². The van der Waals surface area contributed by atoms with Crippen LogP contribution in [0, 0.1) is 0 Å². The fraction of sp³-hybridized carbons (Fsp3) is 0.471. The first-order chi connectivity index (χ1) is 11.9. The van der Waals surface area contributed by atoms with Gasteiger partial charge in [-0.05, 0) is 32.0 Å². The molecule has 8 nitrogen and oxygen atoms in total. The van der Waals surface area contributed by atoms with E-state index in [-0.39, 0.29) is 12.8 Å². The molecule has 0 fully saturated rings. The van der Waals surface area contributed by atoms with E-state index in [2.05, 4.69) is 27.7 Å². The second-order valence-electron chi connectivity index (χ2n) is 5.87. The van der Waals surface area contributed by atoms with E-state index in [0.717, 1.165) is 19.5 Å². The number of hydrogen-bond donors (Lipinski definition) is 4. The molecule has 0 aliphatic rings. The summed E-state index contributed by atoms with van der Waals surface area (Å²) in [7, 11) is 2.00. The number of nitrogens with two attached hydrogens (primary N) is 1. The highest BCUT2D eigenvalue weighted by Gasteiger charge is 2.20. The van der Waals surface area contributed by atoms with Gasteiger partial charge in [0.15, 0.2) is 0 Å². The van der Waals surface area contributed by atoms with Crippen molar-refractivity contribution in [3.05, 3.63) is 35.9 Å². The number of aliphatic carboxylic acids is 1. The Bertz CT molecular complexity index is 565. The van der Waals surface area contributed by atoms with Crippen molar-refractivity contribution in [2.45, 2.75) is 31.8 Å². The molecule has 1 aromatic carbocycles. The molecule has 25 heavy (non-hydrogen) atoms. The van der Waals surface area contributed by atoms with Crippen LogP contribution < -0.4 is 16.4 Å². The summed E-state index contributed by atoms with van der Waals surface area (Å²) >= 11 is 0. The number of carboxylic acid groups (broad SMARTS) is 1. The quantitative estimate of drug-likeness (QED) is 0.433. The van der Waals surface area contributed by atoms with E-state index in [9.17, 15) is 14.4 Å². The standard InChI is InChI=1S/C17H26N4O4/c1-21(12-13-6-3-2-4-7-13)11-5-10-19-17(25)20-14(16(23)24)8-9-15(18)22/h2-4,6-7,14H,5,8-12H2,1H3,(H2,18,22)(H,23,24)(H2,19,20,25). The van der Waals surface area contributed by atoms with Crippen LogP contribution >= 0.6 is 0 Å². The number of urea groups is 1. The van der Waals surface area contributed by atoms with Gasteiger partial charge in [0.1, 0.15) is 6.04 Å².